The predicted molar refractivity (Wildman–Crippen MR) is 83.1 cm³/mol. The number of hydrogen-bond acceptors (Lipinski definition) is 5. The minimum atomic E-state index is -0.518. The Hall–Kier alpha value is -2.12. The molecule has 0 fully saturated rings. The number of anilines is 1. The van der Waals surface area contributed by atoms with Crippen molar-refractivity contribution in [3.8, 4) is 0 Å². The Morgan fingerprint density at radius 2 is 2.14 bits per heavy atom. The summed E-state index contributed by atoms with van der Waals surface area (Å²) in [6.45, 7) is 0.428. The maximum atomic E-state index is 11.5. The van der Waals surface area contributed by atoms with Crippen LogP contribution in [0.25, 0.3) is 0 Å². The third kappa shape index (κ3) is 3.71. The zero-order valence-electron chi connectivity index (χ0n) is 11.1. The highest BCUT2D eigenvalue weighted by Crippen LogP contribution is 2.28. The minimum Gasteiger partial charge on any atom is -0.375 e. The van der Waals surface area contributed by atoms with Crippen molar-refractivity contribution in [1.82, 2.24) is 5.32 Å². The Balaban J connectivity index is 2.22. The van der Waals surface area contributed by atoms with E-state index in [-0.39, 0.29) is 17.2 Å². The SMILES string of the molecule is CNC(=O)c1ccc(NCc2ccc(Cl)s2)c([N+](=O)[O-])c1. The molecule has 6 nitrogen and oxygen atoms in total. The first kappa shape index (κ1) is 15.3. The van der Waals surface area contributed by atoms with E-state index in [0.717, 1.165) is 4.88 Å². The molecule has 0 radical (unpaired) electrons. The third-order valence-electron chi connectivity index (χ3n) is 2.77. The summed E-state index contributed by atoms with van der Waals surface area (Å²) in [4.78, 5) is 23.1. The first-order valence-corrected chi connectivity index (χ1v) is 7.19. The van der Waals surface area contributed by atoms with Crippen LogP contribution in [0, 0.1) is 10.1 Å². The molecule has 8 heteroatoms. The van der Waals surface area contributed by atoms with Crippen molar-refractivity contribution >= 4 is 40.2 Å². The lowest BCUT2D eigenvalue weighted by Crippen LogP contribution is -2.18. The molecule has 0 saturated carbocycles. The summed E-state index contributed by atoms with van der Waals surface area (Å²) >= 11 is 7.24. The molecule has 1 aromatic heterocycles. The second kappa shape index (κ2) is 6.55. The summed E-state index contributed by atoms with van der Waals surface area (Å²) in [6.07, 6.45) is 0. The van der Waals surface area contributed by atoms with Gasteiger partial charge in [0.2, 0.25) is 0 Å². The van der Waals surface area contributed by atoms with Crippen LogP contribution in [0.2, 0.25) is 4.34 Å². The van der Waals surface area contributed by atoms with Crippen molar-refractivity contribution in [3.05, 3.63) is 55.2 Å². The van der Waals surface area contributed by atoms with Gasteiger partial charge in [-0.2, -0.15) is 0 Å². The van der Waals surface area contributed by atoms with E-state index < -0.39 is 4.92 Å². The van der Waals surface area contributed by atoms with Crippen molar-refractivity contribution in [2.24, 2.45) is 0 Å². The number of nitro groups is 1. The van der Waals surface area contributed by atoms with E-state index in [2.05, 4.69) is 10.6 Å². The van der Waals surface area contributed by atoms with Crippen molar-refractivity contribution < 1.29 is 9.72 Å². The molecule has 0 aliphatic carbocycles. The lowest BCUT2D eigenvalue weighted by Gasteiger charge is -2.07. The van der Waals surface area contributed by atoms with Gasteiger partial charge in [-0.15, -0.1) is 11.3 Å². The maximum Gasteiger partial charge on any atom is 0.293 e. The number of hydrogen-bond donors (Lipinski definition) is 2. The molecule has 1 amide bonds. The summed E-state index contributed by atoms with van der Waals surface area (Å²) in [5.41, 5.74) is 0.463. The van der Waals surface area contributed by atoms with E-state index in [0.29, 0.717) is 16.6 Å². The number of carbonyl (C=O) groups is 1. The molecule has 0 bridgehead atoms. The third-order valence-corrected chi connectivity index (χ3v) is 4.00. The van der Waals surface area contributed by atoms with Crippen LogP contribution in [-0.2, 0) is 6.54 Å². The van der Waals surface area contributed by atoms with E-state index in [9.17, 15) is 14.9 Å². The largest absolute Gasteiger partial charge is 0.375 e. The minimum absolute atomic E-state index is 0.140. The van der Waals surface area contributed by atoms with Crippen LogP contribution in [0.3, 0.4) is 0 Å². The number of nitro benzene ring substituents is 1. The summed E-state index contributed by atoms with van der Waals surface area (Å²) in [5.74, 6) is -0.366. The van der Waals surface area contributed by atoms with Crippen molar-refractivity contribution in [2.45, 2.75) is 6.54 Å². The molecular weight excluding hydrogens is 314 g/mol. The molecule has 1 aromatic carbocycles. The van der Waals surface area contributed by atoms with Gasteiger partial charge in [0.15, 0.2) is 0 Å². The van der Waals surface area contributed by atoms with Crippen LogP contribution >= 0.6 is 22.9 Å². The van der Waals surface area contributed by atoms with Crippen LogP contribution in [0.15, 0.2) is 30.3 Å². The molecule has 0 aliphatic rings. The van der Waals surface area contributed by atoms with Crippen molar-refractivity contribution in [1.29, 1.82) is 0 Å². The quantitative estimate of drug-likeness (QED) is 0.652. The standard InChI is InChI=1S/C13H12ClN3O3S/c1-15-13(18)8-2-4-10(11(6-8)17(19)20)16-7-9-3-5-12(14)21-9/h2-6,16H,7H2,1H3,(H,15,18). The van der Waals surface area contributed by atoms with Gasteiger partial charge in [-0.25, -0.2) is 0 Å². The lowest BCUT2D eigenvalue weighted by molar-refractivity contribution is -0.384. The molecular formula is C13H12ClN3O3S. The summed E-state index contributed by atoms with van der Waals surface area (Å²) < 4.78 is 0.663. The van der Waals surface area contributed by atoms with E-state index in [4.69, 9.17) is 11.6 Å². The molecule has 2 rings (SSSR count). The number of thiophene rings is 1. The van der Waals surface area contributed by atoms with Crippen LogP contribution in [-0.4, -0.2) is 17.9 Å². The molecule has 0 saturated heterocycles. The first-order valence-electron chi connectivity index (χ1n) is 6.00. The fourth-order valence-corrected chi connectivity index (χ4v) is 2.77. The number of carbonyl (C=O) groups excluding carboxylic acids is 1. The van der Waals surface area contributed by atoms with Gasteiger partial charge in [0.1, 0.15) is 5.69 Å². The number of rotatable bonds is 5. The molecule has 110 valence electrons. The molecule has 0 unspecified atom stereocenters. The average Bonchev–Trinajstić information content (AvgIpc) is 2.89. The highest BCUT2D eigenvalue weighted by molar-refractivity contribution is 7.16. The molecule has 0 aliphatic heterocycles. The summed E-state index contributed by atoms with van der Waals surface area (Å²) in [7, 11) is 1.47. The summed E-state index contributed by atoms with van der Waals surface area (Å²) in [6, 6.07) is 7.94. The molecule has 1 heterocycles. The second-order valence-electron chi connectivity index (χ2n) is 4.13. The van der Waals surface area contributed by atoms with Crippen LogP contribution in [0.1, 0.15) is 15.2 Å². The zero-order chi connectivity index (χ0) is 15.4. The smallest absolute Gasteiger partial charge is 0.293 e. The molecule has 2 N–H and O–H groups in total. The Morgan fingerprint density at radius 1 is 1.38 bits per heavy atom. The average molecular weight is 326 g/mol. The Morgan fingerprint density at radius 3 is 2.71 bits per heavy atom. The first-order chi connectivity index (χ1) is 10.0. The molecule has 21 heavy (non-hydrogen) atoms. The monoisotopic (exact) mass is 325 g/mol. The van der Waals surface area contributed by atoms with E-state index in [1.165, 1.54) is 36.6 Å². The maximum absolute atomic E-state index is 11.5. The van der Waals surface area contributed by atoms with E-state index in [1.807, 2.05) is 6.07 Å². The number of nitrogens with zero attached hydrogens (tertiary/aromatic N) is 1. The second-order valence-corrected chi connectivity index (χ2v) is 5.93. The lowest BCUT2D eigenvalue weighted by atomic mass is 10.1. The fraction of sp³-hybridized carbons (Fsp3) is 0.154. The molecule has 2 aromatic rings. The van der Waals surface area contributed by atoms with Gasteiger partial charge in [0.05, 0.1) is 9.26 Å². The van der Waals surface area contributed by atoms with Crippen molar-refractivity contribution in [2.75, 3.05) is 12.4 Å². The van der Waals surface area contributed by atoms with Crippen molar-refractivity contribution in [3.63, 3.8) is 0 Å². The van der Waals surface area contributed by atoms with Gasteiger partial charge in [-0.05, 0) is 24.3 Å². The normalized spacial score (nSPS) is 10.2. The van der Waals surface area contributed by atoms with Gasteiger partial charge >= 0.3 is 0 Å². The van der Waals surface area contributed by atoms with Gasteiger partial charge in [0.25, 0.3) is 11.6 Å². The highest BCUT2D eigenvalue weighted by Gasteiger charge is 2.17. The van der Waals surface area contributed by atoms with Gasteiger partial charge in [-0.1, -0.05) is 11.6 Å². The van der Waals surface area contributed by atoms with Crippen LogP contribution < -0.4 is 10.6 Å². The summed E-state index contributed by atoms with van der Waals surface area (Å²) in [5, 5.41) is 16.5. The van der Waals surface area contributed by atoms with Gasteiger partial charge in [0, 0.05) is 30.1 Å². The number of amides is 1. The zero-order valence-corrected chi connectivity index (χ0v) is 12.6. The Labute approximate surface area is 129 Å². The predicted octanol–water partition coefficient (Wildman–Crippen LogP) is 3.28. The topological polar surface area (TPSA) is 84.3 Å². The number of halogens is 1. The van der Waals surface area contributed by atoms with Gasteiger partial charge < -0.3 is 10.6 Å². The Kier molecular flexibility index (Phi) is 4.77. The van der Waals surface area contributed by atoms with E-state index in [1.54, 1.807) is 6.07 Å². The molecule has 0 atom stereocenters. The van der Waals surface area contributed by atoms with Crippen LogP contribution in [0.4, 0.5) is 11.4 Å². The van der Waals surface area contributed by atoms with Crippen LogP contribution in [0.5, 0.6) is 0 Å². The highest BCUT2D eigenvalue weighted by atomic mass is 35.5. The number of benzene rings is 1. The molecule has 0 spiro atoms. The van der Waals surface area contributed by atoms with E-state index >= 15 is 0 Å². The van der Waals surface area contributed by atoms with Gasteiger partial charge in [-0.3, -0.25) is 14.9 Å². The Bertz CT molecular complexity index is 687. The number of nitrogens with one attached hydrogen (secondary N) is 2. The fourth-order valence-electron chi connectivity index (χ4n) is 1.75.